The van der Waals surface area contributed by atoms with E-state index in [0.717, 1.165) is 23.5 Å². The summed E-state index contributed by atoms with van der Waals surface area (Å²) < 4.78 is 11.3. The minimum atomic E-state index is -0.759. The number of hydroxylamine groups is 2. The summed E-state index contributed by atoms with van der Waals surface area (Å²) in [6.45, 7) is 2.31. The summed E-state index contributed by atoms with van der Waals surface area (Å²) >= 11 is 0. The summed E-state index contributed by atoms with van der Waals surface area (Å²) in [4.78, 5) is 24.6. The quantitative estimate of drug-likeness (QED) is 0.630. The Kier molecular flexibility index (Phi) is 4.58. The first kappa shape index (κ1) is 17.3. The Morgan fingerprint density at radius 2 is 2.12 bits per heavy atom. The molecule has 3 aliphatic rings. The minimum absolute atomic E-state index is 0.0544. The number of rotatable bonds is 3. The van der Waals surface area contributed by atoms with Crippen LogP contribution in [-0.4, -0.2) is 54.0 Å². The Labute approximate surface area is 152 Å². The van der Waals surface area contributed by atoms with Gasteiger partial charge in [0.25, 0.3) is 11.8 Å². The number of carbonyl (C=O) groups is 2. The highest BCUT2D eigenvalue weighted by atomic mass is 16.5. The smallest absolute Gasteiger partial charge is 0.277 e. The highest BCUT2D eigenvalue weighted by Crippen LogP contribution is 2.37. The zero-order chi connectivity index (χ0) is 18.1. The number of ether oxygens (including phenoxy) is 2. The molecule has 0 aromatic heterocycles. The molecule has 140 valence electrons. The fourth-order valence-corrected chi connectivity index (χ4v) is 4.00. The van der Waals surface area contributed by atoms with Crippen molar-refractivity contribution in [1.82, 2.24) is 10.4 Å². The van der Waals surface area contributed by atoms with Gasteiger partial charge in [-0.25, -0.2) is 5.06 Å². The molecule has 3 heterocycles. The monoisotopic (exact) mass is 360 g/mol. The number of nitrogens with one attached hydrogen (secondary N) is 1. The van der Waals surface area contributed by atoms with E-state index in [2.05, 4.69) is 5.32 Å². The van der Waals surface area contributed by atoms with E-state index in [1.54, 1.807) is 18.2 Å². The predicted molar refractivity (Wildman–Crippen MR) is 92.1 cm³/mol. The van der Waals surface area contributed by atoms with Crippen molar-refractivity contribution in [2.24, 2.45) is 5.92 Å². The normalized spacial score (nSPS) is 25.5. The highest BCUT2D eigenvalue weighted by molar-refractivity contribution is 5.94. The second-order valence-electron chi connectivity index (χ2n) is 7.37. The predicted octanol–water partition coefficient (Wildman–Crippen LogP) is 1.53. The standard InChI is InChI=1S/C19H24N2O5/c22-17(21(24)12-13-4-9-25-10-5-13)15-1-2-16-14(11-15)3-6-19(26-16)7-8-20-18(19)23/h1-2,11,13,24H,3-10,12H2,(H,20,23). The first-order valence-electron chi connectivity index (χ1n) is 9.26. The minimum Gasteiger partial charge on any atom is -0.477 e. The topological polar surface area (TPSA) is 88.1 Å². The molecule has 1 aromatic carbocycles. The van der Waals surface area contributed by atoms with Gasteiger partial charge in [-0.3, -0.25) is 14.8 Å². The molecular formula is C19H24N2O5. The first-order valence-corrected chi connectivity index (χ1v) is 9.26. The van der Waals surface area contributed by atoms with Crippen molar-refractivity contribution >= 4 is 11.8 Å². The summed E-state index contributed by atoms with van der Waals surface area (Å²) in [5.41, 5.74) is 0.583. The van der Waals surface area contributed by atoms with E-state index in [1.807, 2.05) is 0 Å². The summed E-state index contributed by atoms with van der Waals surface area (Å²) in [7, 11) is 0. The van der Waals surface area contributed by atoms with Crippen LogP contribution in [0.3, 0.4) is 0 Å². The lowest BCUT2D eigenvalue weighted by atomic mass is 9.89. The van der Waals surface area contributed by atoms with Crippen molar-refractivity contribution in [3.05, 3.63) is 29.3 Å². The lowest BCUT2D eigenvalue weighted by molar-refractivity contribution is -0.133. The van der Waals surface area contributed by atoms with E-state index in [4.69, 9.17) is 9.47 Å². The fourth-order valence-electron chi connectivity index (χ4n) is 4.00. The van der Waals surface area contributed by atoms with Gasteiger partial charge in [0, 0.05) is 38.2 Å². The van der Waals surface area contributed by atoms with Crippen LogP contribution in [0.5, 0.6) is 5.75 Å². The molecule has 2 N–H and O–H groups in total. The summed E-state index contributed by atoms with van der Waals surface area (Å²) in [5.74, 6) is 0.456. The molecule has 0 saturated carbocycles. The third kappa shape index (κ3) is 3.17. The third-order valence-corrected chi connectivity index (χ3v) is 5.65. The maximum atomic E-state index is 12.5. The molecule has 3 aliphatic heterocycles. The number of nitrogens with zero attached hydrogens (tertiary/aromatic N) is 1. The van der Waals surface area contributed by atoms with Gasteiger partial charge in [0.05, 0.1) is 6.54 Å². The van der Waals surface area contributed by atoms with Gasteiger partial charge in [0.2, 0.25) is 0 Å². The Bertz CT molecular complexity index is 716. The number of benzene rings is 1. The fraction of sp³-hybridized carbons (Fsp3) is 0.579. The average molecular weight is 360 g/mol. The number of amides is 2. The summed E-state index contributed by atoms with van der Waals surface area (Å²) in [6, 6.07) is 5.15. The zero-order valence-corrected chi connectivity index (χ0v) is 14.7. The van der Waals surface area contributed by atoms with Gasteiger partial charge in [0.1, 0.15) is 5.75 Å². The molecule has 26 heavy (non-hydrogen) atoms. The van der Waals surface area contributed by atoms with Gasteiger partial charge in [-0.05, 0) is 48.9 Å². The first-order chi connectivity index (χ1) is 12.6. The lowest BCUT2D eigenvalue weighted by Crippen LogP contribution is -2.46. The Morgan fingerprint density at radius 1 is 1.31 bits per heavy atom. The molecule has 7 heteroatoms. The van der Waals surface area contributed by atoms with Crippen molar-refractivity contribution in [3.63, 3.8) is 0 Å². The van der Waals surface area contributed by atoms with Crippen LogP contribution >= 0.6 is 0 Å². The van der Waals surface area contributed by atoms with Gasteiger partial charge in [-0.15, -0.1) is 0 Å². The van der Waals surface area contributed by atoms with Crippen molar-refractivity contribution in [2.75, 3.05) is 26.3 Å². The zero-order valence-electron chi connectivity index (χ0n) is 14.7. The third-order valence-electron chi connectivity index (χ3n) is 5.65. The molecule has 0 aliphatic carbocycles. The second-order valence-corrected chi connectivity index (χ2v) is 7.37. The van der Waals surface area contributed by atoms with Crippen molar-refractivity contribution in [2.45, 2.75) is 37.7 Å². The molecule has 2 amide bonds. The van der Waals surface area contributed by atoms with E-state index < -0.39 is 11.5 Å². The van der Waals surface area contributed by atoms with Crippen LogP contribution in [0, 0.1) is 5.92 Å². The van der Waals surface area contributed by atoms with Gasteiger partial charge >= 0.3 is 0 Å². The number of carbonyl (C=O) groups excluding carboxylic acids is 2. The Balaban J connectivity index is 1.45. The molecular weight excluding hydrogens is 336 g/mol. The molecule has 2 fully saturated rings. The molecule has 1 aromatic rings. The number of aryl methyl sites for hydroxylation is 1. The number of fused-ring (bicyclic) bond motifs is 1. The van der Waals surface area contributed by atoms with Crippen LogP contribution < -0.4 is 10.1 Å². The molecule has 1 atom stereocenters. The van der Waals surface area contributed by atoms with Crippen LogP contribution in [0.25, 0.3) is 0 Å². The molecule has 1 spiro atoms. The highest BCUT2D eigenvalue weighted by Gasteiger charge is 2.46. The maximum Gasteiger partial charge on any atom is 0.277 e. The van der Waals surface area contributed by atoms with E-state index in [-0.39, 0.29) is 11.8 Å². The Hall–Kier alpha value is -2.12. The van der Waals surface area contributed by atoms with E-state index in [0.29, 0.717) is 56.9 Å². The van der Waals surface area contributed by atoms with Crippen LogP contribution in [0.15, 0.2) is 18.2 Å². The van der Waals surface area contributed by atoms with Crippen LogP contribution in [0.4, 0.5) is 0 Å². The molecule has 0 radical (unpaired) electrons. The molecule has 4 rings (SSSR count). The maximum absolute atomic E-state index is 12.5. The largest absolute Gasteiger partial charge is 0.477 e. The molecule has 2 saturated heterocycles. The van der Waals surface area contributed by atoms with Crippen LogP contribution in [0.1, 0.15) is 41.6 Å². The van der Waals surface area contributed by atoms with E-state index in [1.165, 1.54) is 0 Å². The van der Waals surface area contributed by atoms with Gasteiger partial charge in [-0.2, -0.15) is 0 Å². The van der Waals surface area contributed by atoms with E-state index >= 15 is 0 Å². The Morgan fingerprint density at radius 3 is 2.85 bits per heavy atom. The van der Waals surface area contributed by atoms with Crippen LogP contribution in [0.2, 0.25) is 0 Å². The average Bonchev–Trinajstić information content (AvgIpc) is 3.01. The van der Waals surface area contributed by atoms with Crippen molar-refractivity contribution in [1.29, 1.82) is 0 Å². The van der Waals surface area contributed by atoms with Gasteiger partial charge in [0.15, 0.2) is 5.60 Å². The van der Waals surface area contributed by atoms with Crippen LogP contribution in [-0.2, 0) is 16.0 Å². The summed E-state index contributed by atoms with van der Waals surface area (Å²) in [5, 5.41) is 13.8. The molecule has 1 unspecified atom stereocenters. The number of hydrogen-bond acceptors (Lipinski definition) is 5. The van der Waals surface area contributed by atoms with Crippen molar-refractivity contribution < 1.29 is 24.3 Å². The van der Waals surface area contributed by atoms with Crippen molar-refractivity contribution in [3.8, 4) is 5.75 Å². The molecule has 0 bridgehead atoms. The number of hydrogen-bond donors (Lipinski definition) is 2. The summed E-state index contributed by atoms with van der Waals surface area (Å²) in [6.07, 6.45) is 3.66. The van der Waals surface area contributed by atoms with Gasteiger partial charge < -0.3 is 14.8 Å². The second kappa shape index (κ2) is 6.89. The molecule has 7 nitrogen and oxygen atoms in total. The van der Waals surface area contributed by atoms with Gasteiger partial charge in [-0.1, -0.05) is 0 Å². The lowest BCUT2D eigenvalue weighted by Gasteiger charge is -2.33. The SMILES string of the molecule is O=C(c1ccc2c(c1)CCC1(CCNC1=O)O2)N(O)CC1CCOCC1. The van der Waals surface area contributed by atoms with E-state index in [9.17, 15) is 14.8 Å².